The molecule has 0 saturated carbocycles. The fourth-order valence-electron chi connectivity index (χ4n) is 5.22. The van der Waals surface area contributed by atoms with Gasteiger partial charge in [0.25, 0.3) is 5.92 Å². The molecule has 2 atom stereocenters. The standard InChI is InChI=1S/C30H34F2N4S/c1-20-12-13-25(19-33-20)23-7-4-8-24(18-23)27-10-5-9-26(29-36-35-21(2)37-29)28(34-27)11-3-6-22-14-16-30(31,32)17-15-22/h4,7-8,13-14,16,18-20,22H,3,5-6,9-12,15,17H2,1-2H3. The van der Waals surface area contributed by atoms with Crippen molar-refractivity contribution in [1.29, 1.82) is 0 Å². The van der Waals surface area contributed by atoms with Crippen molar-refractivity contribution in [3.63, 3.8) is 0 Å². The van der Waals surface area contributed by atoms with Crippen molar-refractivity contribution in [2.24, 2.45) is 15.9 Å². The van der Waals surface area contributed by atoms with Crippen molar-refractivity contribution in [2.75, 3.05) is 0 Å². The summed E-state index contributed by atoms with van der Waals surface area (Å²) in [5.41, 5.74) is 6.86. The van der Waals surface area contributed by atoms with Gasteiger partial charge in [0.2, 0.25) is 0 Å². The Labute approximate surface area is 222 Å². The lowest BCUT2D eigenvalue weighted by molar-refractivity contribution is 0.0326. The molecule has 1 aromatic carbocycles. The second-order valence-corrected chi connectivity index (χ2v) is 11.6. The third-order valence-corrected chi connectivity index (χ3v) is 8.27. The van der Waals surface area contributed by atoms with Crippen molar-refractivity contribution in [2.45, 2.75) is 83.6 Å². The van der Waals surface area contributed by atoms with Crippen LogP contribution in [0.4, 0.5) is 8.78 Å². The number of rotatable bonds is 7. The Morgan fingerprint density at radius 2 is 2.00 bits per heavy atom. The monoisotopic (exact) mass is 520 g/mol. The maximum atomic E-state index is 13.5. The largest absolute Gasteiger partial charge is 0.289 e. The highest BCUT2D eigenvalue weighted by molar-refractivity contribution is 7.12. The summed E-state index contributed by atoms with van der Waals surface area (Å²) in [7, 11) is 0. The van der Waals surface area contributed by atoms with Gasteiger partial charge in [-0.15, -0.1) is 10.2 Å². The molecule has 2 aliphatic heterocycles. The molecule has 0 fully saturated rings. The van der Waals surface area contributed by atoms with E-state index in [4.69, 9.17) is 4.99 Å². The molecule has 0 saturated heterocycles. The fourth-order valence-corrected chi connectivity index (χ4v) is 6.01. The predicted octanol–water partition coefficient (Wildman–Crippen LogP) is 8.25. The van der Waals surface area contributed by atoms with Crippen LogP contribution in [0.2, 0.25) is 0 Å². The Bertz CT molecular complexity index is 1280. The summed E-state index contributed by atoms with van der Waals surface area (Å²) in [5.74, 6) is -2.43. The van der Waals surface area contributed by atoms with E-state index in [-0.39, 0.29) is 12.3 Å². The topological polar surface area (TPSA) is 50.5 Å². The van der Waals surface area contributed by atoms with E-state index in [2.05, 4.69) is 52.5 Å². The average molecular weight is 521 g/mol. The van der Waals surface area contributed by atoms with Crippen LogP contribution in [0.25, 0.3) is 11.1 Å². The van der Waals surface area contributed by atoms with Crippen LogP contribution in [-0.2, 0) is 0 Å². The molecular formula is C30H34F2N4S. The molecule has 0 N–H and O–H groups in total. The number of aryl methyl sites for hydroxylation is 1. The number of hydrogen-bond acceptors (Lipinski definition) is 5. The summed E-state index contributed by atoms with van der Waals surface area (Å²) in [6, 6.07) is 8.97. The zero-order valence-corrected chi connectivity index (χ0v) is 22.4. The van der Waals surface area contributed by atoms with Crippen LogP contribution in [0.5, 0.6) is 0 Å². The highest BCUT2D eigenvalue weighted by atomic mass is 32.1. The van der Waals surface area contributed by atoms with Crippen LogP contribution in [0, 0.1) is 12.8 Å². The molecule has 0 bridgehead atoms. The number of dihydropyridines is 1. The van der Waals surface area contributed by atoms with Crippen LogP contribution in [-0.4, -0.2) is 34.1 Å². The number of hydrogen-bond donors (Lipinski definition) is 0. The average Bonchev–Trinajstić information content (AvgIpc) is 3.20. The lowest BCUT2D eigenvalue weighted by Crippen LogP contribution is -2.19. The summed E-state index contributed by atoms with van der Waals surface area (Å²) in [6.45, 7) is 4.11. The second-order valence-electron chi connectivity index (χ2n) is 10.4. The Hall–Kier alpha value is -2.80. The summed E-state index contributed by atoms with van der Waals surface area (Å²) in [5, 5.41) is 10.6. The second kappa shape index (κ2) is 11.3. The lowest BCUT2D eigenvalue weighted by Gasteiger charge is -2.22. The van der Waals surface area contributed by atoms with Crippen molar-refractivity contribution in [3.8, 4) is 0 Å². The van der Waals surface area contributed by atoms with Crippen LogP contribution in [0.15, 0.2) is 58.2 Å². The molecule has 1 aromatic heterocycles. The molecule has 7 heteroatoms. The van der Waals surface area contributed by atoms with E-state index in [0.717, 1.165) is 78.0 Å². The van der Waals surface area contributed by atoms with Crippen molar-refractivity contribution < 1.29 is 8.78 Å². The third-order valence-electron chi connectivity index (χ3n) is 7.37. The van der Waals surface area contributed by atoms with Crippen molar-refractivity contribution in [3.05, 3.63) is 69.3 Å². The first-order valence-electron chi connectivity index (χ1n) is 13.4. The Kier molecular flexibility index (Phi) is 7.89. The zero-order chi connectivity index (χ0) is 25.8. The Balaban J connectivity index is 1.40. The fraction of sp³-hybridized carbons (Fsp3) is 0.467. The summed E-state index contributed by atoms with van der Waals surface area (Å²) in [6.07, 6.45) is 14.0. The molecule has 5 rings (SSSR count). The van der Waals surface area contributed by atoms with Gasteiger partial charge in [0, 0.05) is 29.6 Å². The van der Waals surface area contributed by atoms with Gasteiger partial charge in [-0.25, -0.2) is 8.78 Å². The van der Waals surface area contributed by atoms with E-state index in [9.17, 15) is 8.78 Å². The van der Waals surface area contributed by atoms with E-state index in [1.54, 1.807) is 17.4 Å². The number of allylic oxidation sites excluding steroid dienone is 5. The van der Waals surface area contributed by atoms with Gasteiger partial charge >= 0.3 is 0 Å². The zero-order valence-electron chi connectivity index (χ0n) is 21.6. The molecular weight excluding hydrogens is 486 g/mol. The minimum Gasteiger partial charge on any atom is -0.289 e. The quantitative estimate of drug-likeness (QED) is 0.345. The molecule has 3 heterocycles. The third kappa shape index (κ3) is 6.56. The molecule has 194 valence electrons. The van der Waals surface area contributed by atoms with E-state index in [1.165, 1.54) is 16.7 Å². The summed E-state index contributed by atoms with van der Waals surface area (Å²) >= 11 is 1.62. The van der Waals surface area contributed by atoms with Gasteiger partial charge in [-0.3, -0.25) is 9.98 Å². The van der Waals surface area contributed by atoms with Crippen LogP contribution < -0.4 is 0 Å². The first-order valence-corrected chi connectivity index (χ1v) is 14.2. The normalized spacial score (nSPS) is 23.6. The van der Waals surface area contributed by atoms with E-state index in [0.29, 0.717) is 12.5 Å². The van der Waals surface area contributed by atoms with Gasteiger partial charge in [-0.1, -0.05) is 41.7 Å². The Morgan fingerprint density at radius 1 is 1.14 bits per heavy atom. The molecule has 0 spiro atoms. The number of benzene rings is 1. The minimum atomic E-state index is -2.64. The number of halogens is 2. The summed E-state index contributed by atoms with van der Waals surface area (Å²) < 4.78 is 27.0. The van der Waals surface area contributed by atoms with Crippen molar-refractivity contribution >= 4 is 34.4 Å². The SMILES string of the molecule is Cc1nnc(C2=C(CCCC3C=CC(F)(F)CC3)N=C(c3cccc(C4=CCC(C)N=C4)c3)CCC2)s1. The maximum absolute atomic E-state index is 13.5. The highest BCUT2D eigenvalue weighted by Gasteiger charge is 2.30. The molecule has 0 radical (unpaired) electrons. The summed E-state index contributed by atoms with van der Waals surface area (Å²) in [4.78, 5) is 9.85. The van der Waals surface area contributed by atoms with Gasteiger partial charge in [-0.05, 0) is 100.0 Å². The minimum absolute atomic E-state index is 0.0507. The van der Waals surface area contributed by atoms with E-state index < -0.39 is 5.92 Å². The molecule has 0 amide bonds. The van der Waals surface area contributed by atoms with Crippen LogP contribution >= 0.6 is 11.3 Å². The molecule has 1 aliphatic carbocycles. The number of nitrogens with zero attached hydrogens (tertiary/aromatic N) is 4. The number of alkyl halides is 2. The maximum Gasteiger partial charge on any atom is 0.266 e. The van der Waals surface area contributed by atoms with E-state index >= 15 is 0 Å². The van der Waals surface area contributed by atoms with Gasteiger partial charge in [0.15, 0.2) is 0 Å². The highest BCUT2D eigenvalue weighted by Crippen LogP contribution is 2.36. The van der Waals surface area contributed by atoms with Gasteiger partial charge < -0.3 is 0 Å². The smallest absolute Gasteiger partial charge is 0.266 e. The Morgan fingerprint density at radius 3 is 2.73 bits per heavy atom. The van der Waals surface area contributed by atoms with Gasteiger partial charge in [0.1, 0.15) is 10.0 Å². The van der Waals surface area contributed by atoms with Gasteiger partial charge in [0.05, 0.1) is 6.04 Å². The molecule has 2 unspecified atom stereocenters. The first-order chi connectivity index (χ1) is 17.9. The van der Waals surface area contributed by atoms with Crippen LogP contribution in [0.3, 0.4) is 0 Å². The van der Waals surface area contributed by atoms with Crippen molar-refractivity contribution in [1.82, 2.24) is 10.2 Å². The van der Waals surface area contributed by atoms with Crippen LogP contribution in [0.1, 0.15) is 85.9 Å². The molecule has 2 aromatic rings. The van der Waals surface area contributed by atoms with E-state index in [1.807, 2.05) is 13.1 Å². The molecule has 4 nitrogen and oxygen atoms in total. The first kappa shape index (κ1) is 25.8. The number of aromatic nitrogens is 2. The van der Waals surface area contributed by atoms with Gasteiger partial charge in [-0.2, -0.15) is 0 Å². The predicted molar refractivity (Wildman–Crippen MR) is 150 cm³/mol. The number of aliphatic imine (C=N–C) groups is 2. The molecule has 37 heavy (non-hydrogen) atoms. The molecule has 3 aliphatic rings. The lowest BCUT2D eigenvalue weighted by atomic mass is 9.89.